The molecule has 4 nitrogen and oxygen atoms in total. The van der Waals surface area contributed by atoms with Crippen LogP contribution in [0.25, 0.3) is 0 Å². The topological polar surface area (TPSA) is 64.3 Å². The van der Waals surface area contributed by atoms with E-state index in [-0.39, 0.29) is 5.91 Å². The molecule has 0 heterocycles. The van der Waals surface area contributed by atoms with Gasteiger partial charge in [-0.3, -0.25) is 4.79 Å². The normalized spacial score (nSPS) is 10.1. The molecule has 0 radical (unpaired) electrons. The lowest BCUT2D eigenvalue weighted by molar-refractivity contribution is -0.116. The Morgan fingerprint density at radius 3 is 2.94 bits per heavy atom. The van der Waals surface area contributed by atoms with Crippen molar-refractivity contribution in [2.45, 2.75) is 12.8 Å². The highest BCUT2D eigenvalue weighted by Gasteiger charge is 2.08. The van der Waals surface area contributed by atoms with Crippen molar-refractivity contribution in [3.63, 3.8) is 0 Å². The number of anilines is 2. The van der Waals surface area contributed by atoms with Gasteiger partial charge in [-0.1, -0.05) is 17.7 Å². The van der Waals surface area contributed by atoms with Crippen LogP contribution in [0, 0.1) is 0 Å². The van der Waals surface area contributed by atoms with Crippen molar-refractivity contribution in [2.24, 2.45) is 0 Å². The number of hydrogen-bond donors (Lipinski definition) is 2. The largest absolute Gasteiger partial charge is 0.397 e. The van der Waals surface area contributed by atoms with Crippen LogP contribution in [0.2, 0.25) is 5.02 Å². The number of para-hydroxylation sites is 1. The maximum Gasteiger partial charge on any atom is 0.224 e. The van der Waals surface area contributed by atoms with Crippen molar-refractivity contribution in [3.8, 4) is 0 Å². The van der Waals surface area contributed by atoms with Crippen molar-refractivity contribution >= 4 is 28.9 Å². The molecule has 88 valence electrons. The van der Waals surface area contributed by atoms with Crippen LogP contribution in [-0.4, -0.2) is 19.6 Å². The van der Waals surface area contributed by atoms with Gasteiger partial charge < -0.3 is 15.8 Å². The molecule has 0 aliphatic heterocycles. The first-order chi connectivity index (χ1) is 7.65. The van der Waals surface area contributed by atoms with Gasteiger partial charge in [0.05, 0.1) is 16.4 Å². The van der Waals surface area contributed by atoms with E-state index in [9.17, 15) is 4.79 Å². The lowest BCUT2D eigenvalue weighted by Gasteiger charge is -2.09. The molecule has 3 N–H and O–H groups in total. The van der Waals surface area contributed by atoms with E-state index in [2.05, 4.69) is 5.32 Å². The van der Waals surface area contributed by atoms with Gasteiger partial charge in [0.2, 0.25) is 5.91 Å². The average Bonchev–Trinajstić information content (AvgIpc) is 2.24. The third kappa shape index (κ3) is 3.72. The summed E-state index contributed by atoms with van der Waals surface area (Å²) in [6.45, 7) is 0.561. The maximum absolute atomic E-state index is 11.5. The molecule has 1 aromatic rings. The van der Waals surface area contributed by atoms with Crippen molar-refractivity contribution in [1.82, 2.24) is 0 Å². The summed E-state index contributed by atoms with van der Waals surface area (Å²) in [5.41, 5.74) is 6.64. The summed E-state index contributed by atoms with van der Waals surface area (Å²) in [5.74, 6) is -0.114. The molecule has 1 aromatic carbocycles. The molecule has 0 aliphatic rings. The molecular formula is C11H15ClN2O2. The van der Waals surface area contributed by atoms with Crippen LogP contribution >= 0.6 is 11.6 Å². The van der Waals surface area contributed by atoms with Crippen molar-refractivity contribution in [1.29, 1.82) is 0 Å². The van der Waals surface area contributed by atoms with Gasteiger partial charge in [-0.15, -0.1) is 0 Å². The molecule has 1 amide bonds. The number of benzene rings is 1. The van der Waals surface area contributed by atoms with E-state index < -0.39 is 0 Å². The second-order valence-corrected chi connectivity index (χ2v) is 3.76. The van der Waals surface area contributed by atoms with Gasteiger partial charge in [0.15, 0.2) is 0 Å². The zero-order chi connectivity index (χ0) is 12.0. The van der Waals surface area contributed by atoms with Crippen LogP contribution in [0.5, 0.6) is 0 Å². The second-order valence-electron chi connectivity index (χ2n) is 3.35. The molecule has 1 rings (SSSR count). The van der Waals surface area contributed by atoms with Gasteiger partial charge in [0.25, 0.3) is 0 Å². The lowest BCUT2D eigenvalue weighted by atomic mass is 10.2. The van der Waals surface area contributed by atoms with Crippen molar-refractivity contribution in [3.05, 3.63) is 23.2 Å². The Hall–Kier alpha value is -1.26. The van der Waals surface area contributed by atoms with Crippen LogP contribution in [0.15, 0.2) is 18.2 Å². The third-order valence-electron chi connectivity index (χ3n) is 2.06. The number of hydrogen-bond acceptors (Lipinski definition) is 3. The number of carbonyl (C=O) groups excluding carboxylic acids is 1. The highest BCUT2D eigenvalue weighted by Crippen LogP contribution is 2.27. The monoisotopic (exact) mass is 242 g/mol. The summed E-state index contributed by atoms with van der Waals surface area (Å²) in [7, 11) is 1.60. The molecule has 0 saturated heterocycles. The molecular weight excluding hydrogens is 228 g/mol. The minimum absolute atomic E-state index is 0.114. The number of halogens is 1. The summed E-state index contributed by atoms with van der Waals surface area (Å²) >= 11 is 5.92. The standard InChI is InChI=1S/C11H15ClN2O2/c1-16-7-3-6-10(15)14-11-8(12)4-2-5-9(11)13/h2,4-5H,3,6-7,13H2,1H3,(H,14,15). The lowest BCUT2D eigenvalue weighted by Crippen LogP contribution is -2.13. The van der Waals surface area contributed by atoms with E-state index in [0.29, 0.717) is 35.8 Å². The Labute approximate surface area is 99.7 Å². The number of amides is 1. The van der Waals surface area contributed by atoms with Gasteiger partial charge in [0.1, 0.15) is 0 Å². The van der Waals surface area contributed by atoms with Gasteiger partial charge >= 0.3 is 0 Å². The molecule has 0 aliphatic carbocycles. The summed E-state index contributed by atoms with van der Waals surface area (Å²) in [5, 5.41) is 3.13. The summed E-state index contributed by atoms with van der Waals surface area (Å²) in [6, 6.07) is 5.11. The van der Waals surface area contributed by atoms with Crippen LogP contribution in [0.1, 0.15) is 12.8 Å². The van der Waals surface area contributed by atoms with E-state index in [0.717, 1.165) is 0 Å². The smallest absolute Gasteiger partial charge is 0.224 e. The van der Waals surface area contributed by atoms with Crippen LogP contribution in [-0.2, 0) is 9.53 Å². The molecule has 0 unspecified atom stereocenters. The fourth-order valence-corrected chi connectivity index (χ4v) is 1.48. The molecule has 0 saturated carbocycles. The first-order valence-electron chi connectivity index (χ1n) is 4.98. The maximum atomic E-state index is 11.5. The fraction of sp³-hybridized carbons (Fsp3) is 0.364. The van der Waals surface area contributed by atoms with E-state index in [1.54, 1.807) is 25.3 Å². The Morgan fingerprint density at radius 1 is 1.56 bits per heavy atom. The molecule has 0 fully saturated rings. The minimum atomic E-state index is -0.114. The van der Waals surface area contributed by atoms with Crippen LogP contribution in [0.3, 0.4) is 0 Å². The molecule has 0 bridgehead atoms. The number of nitrogens with one attached hydrogen (secondary N) is 1. The molecule has 0 aromatic heterocycles. The van der Waals surface area contributed by atoms with Crippen LogP contribution < -0.4 is 11.1 Å². The van der Waals surface area contributed by atoms with E-state index in [1.807, 2.05) is 0 Å². The summed E-state index contributed by atoms with van der Waals surface area (Å²) in [6.07, 6.45) is 1.06. The average molecular weight is 243 g/mol. The SMILES string of the molecule is COCCCC(=O)Nc1c(N)cccc1Cl. The predicted octanol–water partition coefficient (Wildman–Crippen LogP) is 2.29. The Morgan fingerprint density at radius 2 is 2.31 bits per heavy atom. The zero-order valence-electron chi connectivity index (χ0n) is 9.13. The molecule has 16 heavy (non-hydrogen) atoms. The number of ether oxygens (including phenoxy) is 1. The van der Waals surface area contributed by atoms with Gasteiger partial charge in [-0.2, -0.15) is 0 Å². The van der Waals surface area contributed by atoms with E-state index in [4.69, 9.17) is 22.1 Å². The minimum Gasteiger partial charge on any atom is -0.397 e. The molecule has 0 atom stereocenters. The summed E-state index contributed by atoms with van der Waals surface area (Å²) in [4.78, 5) is 11.5. The zero-order valence-corrected chi connectivity index (χ0v) is 9.88. The second kappa shape index (κ2) is 6.35. The number of nitrogen functional groups attached to an aromatic ring is 1. The first kappa shape index (κ1) is 12.8. The number of carbonyl (C=O) groups is 1. The quantitative estimate of drug-likeness (QED) is 0.615. The number of rotatable bonds is 5. The third-order valence-corrected chi connectivity index (χ3v) is 2.38. The Kier molecular flexibility index (Phi) is 5.08. The molecule has 0 spiro atoms. The Bertz CT molecular complexity index is 349. The van der Waals surface area contributed by atoms with Gasteiger partial charge in [0, 0.05) is 20.1 Å². The van der Waals surface area contributed by atoms with E-state index >= 15 is 0 Å². The van der Waals surface area contributed by atoms with Crippen molar-refractivity contribution < 1.29 is 9.53 Å². The number of nitrogens with two attached hydrogens (primary N) is 1. The Balaban J connectivity index is 2.56. The van der Waals surface area contributed by atoms with Crippen LogP contribution in [0.4, 0.5) is 11.4 Å². The summed E-state index contributed by atoms with van der Waals surface area (Å²) < 4.78 is 4.86. The van der Waals surface area contributed by atoms with E-state index in [1.165, 1.54) is 0 Å². The van der Waals surface area contributed by atoms with Gasteiger partial charge in [-0.25, -0.2) is 0 Å². The number of methoxy groups -OCH3 is 1. The predicted molar refractivity (Wildman–Crippen MR) is 65.6 cm³/mol. The highest BCUT2D eigenvalue weighted by atomic mass is 35.5. The van der Waals surface area contributed by atoms with Gasteiger partial charge in [-0.05, 0) is 18.6 Å². The first-order valence-corrected chi connectivity index (χ1v) is 5.35. The highest BCUT2D eigenvalue weighted by molar-refractivity contribution is 6.34. The van der Waals surface area contributed by atoms with Crippen molar-refractivity contribution in [2.75, 3.05) is 24.8 Å². The fourth-order valence-electron chi connectivity index (χ4n) is 1.25. The molecule has 5 heteroatoms.